The van der Waals surface area contributed by atoms with Gasteiger partial charge in [-0.2, -0.15) is 0 Å². The predicted octanol–water partition coefficient (Wildman–Crippen LogP) is 1.02. The monoisotopic (exact) mass is 276 g/mol. The smallest absolute Gasteiger partial charge is 0.277 e. The number of amides is 1. The van der Waals surface area contributed by atoms with Crippen LogP contribution in [0, 0.1) is 0 Å². The highest BCUT2D eigenvalue weighted by atomic mass is 16.6. The van der Waals surface area contributed by atoms with Crippen LogP contribution >= 0.6 is 0 Å². The number of hydrogen-bond donors (Lipinski definition) is 2. The van der Waals surface area contributed by atoms with E-state index in [0.717, 1.165) is 11.3 Å². The van der Waals surface area contributed by atoms with Crippen molar-refractivity contribution in [3.63, 3.8) is 0 Å². The largest absolute Gasteiger partial charge is 0.496 e. The molecular formula is C13H16N4O3. The normalized spacial score (nSPS) is 11.9. The molecular weight excluding hydrogens is 260 g/mol. The number of anilines is 1. The molecule has 1 heterocycles. The number of para-hydroxylation sites is 1. The Morgan fingerprint density at radius 1 is 1.45 bits per heavy atom. The average molecular weight is 276 g/mol. The van der Waals surface area contributed by atoms with Crippen molar-refractivity contribution < 1.29 is 14.2 Å². The van der Waals surface area contributed by atoms with E-state index in [0.29, 0.717) is 6.42 Å². The first kappa shape index (κ1) is 13.9. The number of nitrogens with one attached hydrogen (secondary N) is 1. The molecule has 7 heteroatoms. The number of ether oxygens (including phenoxy) is 1. The zero-order valence-corrected chi connectivity index (χ0v) is 11.3. The van der Waals surface area contributed by atoms with Gasteiger partial charge in [-0.15, -0.1) is 0 Å². The fourth-order valence-corrected chi connectivity index (χ4v) is 1.90. The average Bonchev–Trinajstić information content (AvgIpc) is 2.85. The summed E-state index contributed by atoms with van der Waals surface area (Å²) >= 11 is 0. The van der Waals surface area contributed by atoms with Gasteiger partial charge in [0.05, 0.1) is 7.11 Å². The standard InChI is InChI=1S/C13H16N4O3/c1-8(7-9-5-3-4-6-10(9)19-2)15-13(18)11-12(14)17-20-16-11/h3-6,8H,7H2,1-2H3,(H2,14,17)(H,15,18). The minimum absolute atomic E-state index is 0.00289. The van der Waals surface area contributed by atoms with Gasteiger partial charge in [0.2, 0.25) is 11.5 Å². The quantitative estimate of drug-likeness (QED) is 0.845. The summed E-state index contributed by atoms with van der Waals surface area (Å²) in [5.41, 5.74) is 6.47. The molecule has 0 saturated carbocycles. The first-order valence-electron chi connectivity index (χ1n) is 6.12. The molecule has 0 saturated heterocycles. The summed E-state index contributed by atoms with van der Waals surface area (Å²) in [6, 6.07) is 7.53. The molecule has 0 spiro atoms. The number of rotatable bonds is 5. The van der Waals surface area contributed by atoms with Gasteiger partial charge in [0.1, 0.15) is 5.75 Å². The van der Waals surface area contributed by atoms with Crippen LogP contribution in [0.1, 0.15) is 23.0 Å². The van der Waals surface area contributed by atoms with Crippen molar-refractivity contribution in [1.82, 2.24) is 15.6 Å². The number of benzene rings is 1. The highest BCUT2D eigenvalue weighted by molar-refractivity contribution is 5.96. The first-order chi connectivity index (χ1) is 9.61. The van der Waals surface area contributed by atoms with E-state index < -0.39 is 5.91 Å². The number of methoxy groups -OCH3 is 1. The highest BCUT2D eigenvalue weighted by Gasteiger charge is 2.18. The van der Waals surface area contributed by atoms with Gasteiger partial charge in [-0.3, -0.25) is 4.79 Å². The SMILES string of the molecule is COc1ccccc1CC(C)NC(=O)c1nonc1N. The molecule has 106 valence electrons. The van der Waals surface area contributed by atoms with Crippen molar-refractivity contribution in [3.05, 3.63) is 35.5 Å². The second-order valence-corrected chi connectivity index (χ2v) is 4.39. The molecule has 1 aromatic carbocycles. The van der Waals surface area contributed by atoms with Crippen molar-refractivity contribution in [1.29, 1.82) is 0 Å². The van der Waals surface area contributed by atoms with E-state index in [1.54, 1.807) is 7.11 Å². The molecule has 0 aliphatic carbocycles. The van der Waals surface area contributed by atoms with Gasteiger partial charge in [-0.1, -0.05) is 18.2 Å². The summed E-state index contributed by atoms with van der Waals surface area (Å²) in [5, 5.41) is 9.61. The molecule has 1 unspecified atom stereocenters. The summed E-state index contributed by atoms with van der Waals surface area (Å²) < 4.78 is 9.67. The van der Waals surface area contributed by atoms with Crippen LogP contribution in [0.25, 0.3) is 0 Å². The summed E-state index contributed by atoms with van der Waals surface area (Å²) in [4.78, 5) is 11.9. The van der Waals surface area contributed by atoms with Crippen LogP contribution in [0.4, 0.5) is 5.82 Å². The highest BCUT2D eigenvalue weighted by Crippen LogP contribution is 2.19. The maximum Gasteiger partial charge on any atom is 0.277 e. The van der Waals surface area contributed by atoms with Gasteiger partial charge < -0.3 is 15.8 Å². The van der Waals surface area contributed by atoms with E-state index in [1.807, 2.05) is 31.2 Å². The Kier molecular flexibility index (Phi) is 4.19. The number of nitrogen functional groups attached to an aromatic ring is 1. The molecule has 1 aromatic heterocycles. The van der Waals surface area contributed by atoms with E-state index in [4.69, 9.17) is 10.5 Å². The van der Waals surface area contributed by atoms with Crippen molar-refractivity contribution in [2.24, 2.45) is 0 Å². The topological polar surface area (TPSA) is 103 Å². The van der Waals surface area contributed by atoms with Gasteiger partial charge in [0.15, 0.2) is 0 Å². The molecule has 0 aliphatic heterocycles. The fraction of sp³-hybridized carbons (Fsp3) is 0.308. The second-order valence-electron chi connectivity index (χ2n) is 4.39. The van der Waals surface area contributed by atoms with Crippen LogP contribution in [-0.2, 0) is 6.42 Å². The van der Waals surface area contributed by atoms with E-state index in [9.17, 15) is 4.79 Å². The second kappa shape index (κ2) is 6.05. The Labute approximate surface area is 116 Å². The van der Waals surface area contributed by atoms with Crippen LogP contribution in [0.5, 0.6) is 5.75 Å². The molecule has 0 bridgehead atoms. The van der Waals surface area contributed by atoms with Crippen molar-refractivity contribution in [3.8, 4) is 5.75 Å². The van der Waals surface area contributed by atoms with Crippen LogP contribution < -0.4 is 15.8 Å². The van der Waals surface area contributed by atoms with E-state index in [1.165, 1.54) is 0 Å². The van der Waals surface area contributed by atoms with E-state index in [2.05, 4.69) is 20.3 Å². The maximum absolute atomic E-state index is 11.9. The Bertz CT molecular complexity index is 597. The summed E-state index contributed by atoms with van der Waals surface area (Å²) in [7, 11) is 1.61. The third-order valence-corrected chi connectivity index (χ3v) is 2.83. The Morgan fingerprint density at radius 3 is 2.85 bits per heavy atom. The van der Waals surface area contributed by atoms with Crippen LogP contribution in [-0.4, -0.2) is 29.4 Å². The van der Waals surface area contributed by atoms with E-state index >= 15 is 0 Å². The predicted molar refractivity (Wildman–Crippen MR) is 72.3 cm³/mol. The van der Waals surface area contributed by atoms with Crippen molar-refractivity contribution in [2.45, 2.75) is 19.4 Å². The zero-order valence-electron chi connectivity index (χ0n) is 11.3. The fourth-order valence-electron chi connectivity index (χ4n) is 1.90. The molecule has 2 rings (SSSR count). The molecule has 0 fully saturated rings. The van der Waals surface area contributed by atoms with Gasteiger partial charge in [0, 0.05) is 6.04 Å². The molecule has 1 amide bonds. The number of aromatic nitrogens is 2. The summed E-state index contributed by atoms with van der Waals surface area (Å²) in [5.74, 6) is 0.356. The van der Waals surface area contributed by atoms with Gasteiger partial charge in [-0.05, 0) is 35.3 Å². The number of carbonyl (C=O) groups is 1. The lowest BCUT2D eigenvalue weighted by Crippen LogP contribution is -2.34. The first-order valence-corrected chi connectivity index (χ1v) is 6.12. The van der Waals surface area contributed by atoms with Crippen molar-refractivity contribution in [2.75, 3.05) is 12.8 Å². The Morgan fingerprint density at radius 2 is 2.20 bits per heavy atom. The summed E-state index contributed by atoms with van der Waals surface area (Å²) in [6.45, 7) is 1.88. The lowest BCUT2D eigenvalue weighted by atomic mass is 10.1. The minimum atomic E-state index is -0.411. The maximum atomic E-state index is 11.9. The third kappa shape index (κ3) is 3.05. The number of nitrogens with zero attached hydrogens (tertiary/aromatic N) is 2. The van der Waals surface area contributed by atoms with Crippen LogP contribution in [0.3, 0.4) is 0 Å². The Balaban J connectivity index is 2.01. The van der Waals surface area contributed by atoms with Gasteiger partial charge >= 0.3 is 0 Å². The van der Waals surface area contributed by atoms with Gasteiger partial charge in [0.25, 0.3) is 5.91 Å². The van der Waals surface area contributed by atoms with Crippen LogP contribution in [0.2, 0.25) is 0 Å². The number of nitrogens with two attached hydrogens (primary N) is 1. The minimum Gasteiger partial charge on any atom is -0.496 e. The number of carbonyl (C=O) groups excluding carboxylic acids is 1. The van der Waals surface area contributed by atoms with Gasteiger partial charge in [-0.25, -0.2) is 4.63 Å². The lowest BCUT2D eigenvalue weighted by molar-refractivity contribution is 0.0930. The van der Waals surface area contributed by atoms with Crippen LogP contribution in [0.15, 0.2) is 28.9 Å². The molecule has 20 heavy (non-hydrogen) atoms. The number of hydrogen-bond acceptors (Lipinski definition) is 6. The van der Waals surface area contributed by atoms with Crippen molar-refractivity contribution >= 4 is 11.7 Å². The van der Waals surface area contributed by atoms with E-state index in [-0.39, 0.29) is 17.6 Å². The molecule has 3 N–H and O–H groups in total. The molecule has 2 aromatic rings. The molecule has 1 atom stereocenters. The third-order valence-electron chi connectivity index (χ3n) is 2.83. The molecule has 7 nitrogen and oxygen atoms in total. The molecule has 0 aliphatic rings. The lowest BCUT2D eigenvalue weighted by Gasteiger charge is -2.15. The summed E-state index contributed by atoms with van der Waals surface area (Å²) in [6.07, 6.45) is 0.626. The molecule has 0 radical (unpaired) electrons. The Hall–Kier alpha value is -2.57. The zero-order chi connectivity index (χ0) is 14.5.